The molecule has 0 aliphatic carbocycles. The molecule has 6 nitrogen and oxygen atoms in total. The normalized spacial score (nSPS) is 11.4. The summed E-state index contributed by atoms with van der Waals surface area (Å²) in [5.41, 5.74) is 1.18. The number of carbonyl (C=O) groups excluding carboxylic acids is 1. The molecule has 2 aromatic heterocycles. The third-order valence-electron chi connectivity index (χ3n) is 3.18. The van der Waals surface area contributed by atoms with Crippen LogP contribution in [0.1, 0.15) is 21.9 Å². The minimum Gasteiger partial charge on any atom is -0.329 e. The van der Waals surface area contributed by atoms with E-state index in [1.54, 1.807) is 25.1 Å². The zero-order valence-electron chi connectivity index (χ0n) is 12.8. The molecule has 128 valence electrons. The topological polar surface area (TPSA) is 80.9 Å². The molecule has 0 spiro atoms. The van der Waals surface area contributed by atoms with E-state index in [9.17, 15) is 18.0 Å². The summed E-state index contributed by atoms with van der Waals surface area (Å²) in [6.07, 6.45) is -4.73. The first-order valence-electron chi connectivity index (χ1n) is 7.09. The molecule has 3 aromatic rings. The standard InChI is InChI=1S/C16H11F3N4O2/c1-9-4-2-7-12(20-9)21-14(24)11-6-3-5-10(8-11)13-22-15(25-23-13)16(17,18)19/h2-8H,1H3,(H,20,21,24). The summed E-state index contributed by atoms with van der Waals surface area (Å²) in [7, 11) is 0. The molecule has 1 aromatic carbocycles. The fourth-order valence-corrected chi connectivity index (χ4v) is 2.06. The van der Waals surface area contributed by atoms with Crippen molar-refractivity contribution in [2.75, 3.05) is 5.32 Å². The number of hydrogen-bond acceptors (Lipinski definition) is 5. The monoisotopic (exact) mass is 348 g/mol. The second-order valence-electron chi connectivity index (χ2n) is 5.12. The number of anilines is 1. The second-order valence-corrected chi connectivity index (χ2v) is 5.12. The molecule has 25 heavy (non-hydrogen) atoms. The Morgan fingerprint density at radius 1 is 1.12 bits per heavy atom. The highest BCUT2D eigenvalue weighted by Gasteiger charge is 2.38. The Hall–Kier alpha value is -3.23. The Bertz CT molecular complexity index is 921. The Morgan fingerprint density at radius 3 is 2.56 bits per heavy atom. The van der Waals surface area contributed by atoms with Gasteiger partial charge in [-0.1, -0.05) is 23.4 Å². The molecule has 1 N–H and O–H groups in total. The number of aryl methyl sites for hydroxylation is 1. The van der Waals surface area contributed by atoms with Crippen molar-refractivity contribution in [1.82, 2.24) is 15.1 Å². The molecule has 0 aliphatic heterocycles. The van der Waals surface area contributed by atoms with Gasteiger partial charge >= 0.3 is 12.1 Å². The average Bonchev–Trinajstić information content (AvgIpc) is 3.05. The van der Waals surface area contributed by atoms with Crippen molar-refractivity contribution < 1.29 is 22.5 Å². The molecular weight excluding hydrogens is 337 g/mol. The first-order valence-corrected chi connectivity index (χ1v) is 7.09. The van der Waals surface area contributed by atoms with Crippen molar-refractivity contribution in [3.8, 4) is 11.4 Å². The van der Waals surface area contributed by atoms with Gasteiger partial charge in [0.05, 0.1) is 0 Å². The Balaban J connectivity index is 1.84. The highest BCUT2D eigenvalue weighted by atomic mass is 19.4. The van der Waals surface area contributed by atoms with E-state index >= 15 is 0 Å². The summed E-state index contributed by atoms with van der Waals surface area (Å²) in [6, 6.07) is 11.0. The first-order chi connectivity index (χ1) is 11.8. The number of hydrogen-bond donors (Lipinski definition) is 1. The van der Waals surface area contributed by atoms with Crippen LogP contribution in [0.5, 0.6) is 0 Å². The summed E-state index contributed by atoms with van der Waals surface area (Å²) in [5.74, 6) is -1.79. The number of aromatic nitrogens is 3. The molecule has 0 atom stereocenters. The first kappa shape index (κ1) is 16.6. The molecule has 0 radical (unpaired) electrons. The third-order valence-corrected chi connectivity index (χ3v) is 3.18. The SMILES string of the molecule is Cc1cccc(NC(=O)c2cccc(-c3noc(C(F)(F)F)n3)c2)n1. The average molecular weight is 348 g/mol. The van der Waals surface area contributed by atoms with Gasteiger partial charge in [-0.25, -0.2) is 4.98 Å². The number of nitrogens with zero attached hydrogens (tertiary/aromatic N) is 3. The fraction of sp³-hybridized carbons (Fsp3) is 0.125. The minimum atomic E-state index is -4.73. The van der Waals surface area contributed by atoms with Crippen LogP contribution in [-0.2, 0) is 6.18 Å². The lowest BCUT2D eigenvalue weighted by Gasteiger charge is -2.06. The molecule has 0 saturated carbocycles. The molecule has 0 fully saturated rings. The van der Waals surface area contributed by atoms with E-state index in [1.807, 2.05) is 0 Å². The molecule has 0 bridgehead atoms. The van der Waals surface area contributed by atoms with Gasteiger partial charge in [-0.2, -0.15) is 18.2 Å². The predicted molar refractivity (Wildman–Crippen MR) is 81.7 cm³/mol. The summed E-state index contributed by atoms with van der Waals surface area (Å²) >= 11 is 0. The van der Waals surface area contributed by atoms with Crippen LogP contribution < -0.4 is 5.32 Å². The zero-order chi connectivity index (χ0) is 18.0. The van der Waals surface area contributed by atoms with Crippen LogP contribution in [-0.4, -0.2) is 21.0 Å². The second kappa shape index (κ2) is 6.34. The van der Waals surface area contributed by atoms with Crippen LogP contribution >= 0.6 is 0 Å². The van der Waals surface area contributed by atoms with Gasteiger partial charge in [0.2, 0.25) is 5.82 Å². The van der Waals surface area contributed by atoms with Crippen LogP contribution in [0.2, 0.25) is 0 Å². The van der Waals surface area contributed by atoms with Crippen LogP contribution in [0.3, 0.4) is 0 Å². The maximum absolute atomic E-state index is 12.5. The van der Waals surface area contributed by atoms with Gasteiger partial charge < -0.3 is 9.84 Å². The summed E-state index contributed by atoms with van der Waals surface area (Å²) in [4.78, 5) is 19.7. The minimum absolute atomic E-state index is 0.221. The summed E-state index contributed by atoms with van der Waals surface area (Å²) in [5, 5.41) is 5.91. The highest BCUT2D eigenvalue weighted by Crippen LogP contribution is 2.29. The molecule has 9 heteroatoms. The van der Waals surface area contributed by atoms with Crippen molar-refractivity contribution in [1.29, 1.82) is 0 Å². The molecule has 2 heterocycles. The predicted octanol–water partition coefficient (Wildman–Crippen LogP) is 3.71. The van der Waals surface area contributed by atoms with Gasteiger partial charge in [-0.05, 0) is 31.2 Å². The van der Waals surface area contributed by atoms with E-state index in [4.69, 9.17) is 0 Å². The Labute approximate surface area is 139 Å². The van der Waals surface area contributed by atoms with E-state index < -0.39 is 18.0 Å². The van der Waals surface area contributed by atoms with Gasteiger partial charge in [0, 0.05) is 16.8 Å². The van der Waals surface area contributed by atoms with E-state index in [1.165, 1.54) is 24.3 Å². The number of benzene rings is 1. The van der Waals surface area contributed by atoms with Gasteiger partial charge in [-0.3, -0.25) is 4.79 Å². The van der Waals surface area contributed by atoms with Crippen LogP contribution in [0.15, 0.2) is 47.0 Å². The molecule has 3 rings (SSSR count). The number of pyridine rings is 1. The van der Waals surface area contributed by atoms with Gasteiger partial charge in [0.1, 0.15) is 5.82 Å². The highest BCUT2D eigenvalue weighted by molar-refractivity contribution is 6.04. The summed E-state index contributed by atoms with van der Waals surface area (Å²) in [6.45, 7) is 1.78. The maximum Gasteiger partial charge on any atom is 0.471 e. The van der Waals surface area contributed by atoms with E-state index in [0.717, 1.165) is 5.69 Å². The molecule has 0 unspecified atom stereocenters. The summed E-state index contributed by atoms with van der Waals surface area (Å²) < 4.78 is 41.8. The number of alkyl halides is 3. The lowest BCUT2D eigenvalue weighted by atomic mass is 10.1. The van der Waals surface area contributed by atoms with Gasteiger partial charge in [0.15, 0.2) is 0 Å². The van der Waals surface area contributed by atoms with Crippen molar-refractivity contribution in [2.24, 2.45) is 0 Å². The van der Waals surface area contributed by atoms with Crippen molar-refractivity contribution in [2.45, 2.75) is 13.1 Å². The van der Waals surface area contributed by atoms with E-state index in [0.29, 0.717) is 5.82 Å². The van der Waals surface area contributed by atoms with Crippen LogP contribution in [0.25, 0.3) is 11.4 Å². The maximum atomic E-state index is 12.5. The van der Waals surface area contributed by atoms with Crippen LogP contribution in [0, 0.1) is 6.92 Å². The quantitative estimate of drug-likeness (QED) is 0.780. The molecule has 0 saturated heterocycles. The van der Waals surface area contributed by atoms with Crippen molar-refractivity contribution in [3.05, 3.63) is 59.6 Å². The molecular formula is C16H11F3N4O2. The Morgan fingerprint density at radius 2 is 1.88 bits per heavy atom. The number of nitrogens with one attached hydrogen (secondary N) is 1. The van der Waals surface area contributed by atoms with E-state index in [2.05, 4.69) is 25.0 Å². The largest absolute Gasteiger partial charge is 0.471 e. The number of amides is 1. The number of halogens is 3. The smallest absolute Gasteiger partial charge is 0.329 e. The third kappa shape index (κ3) is 3.82. The van der Waals surface area contributed by atoms with Crippen LogP contribution in [0.4, 0.5) is 19.0 Å². The lowest BCUT2D eigenvalue weighted by molar-refractivity contribution is -0.159. The van der Waals surface area contributed by atoms with Crippen molar-refractivity contribution in [3.63, 3.8) is 0 Å². The van der Waals surface area contributed by atoms with Gasteiger partial charge in [-0.15, -0.1) is 0 Å². The molecule has 1 amide bonds. The van der Waals surface area contributed by atoms with Gasteiger partial charge in [0.25, 0.3) is 5.91 Å². The lowest BCUT2D eigenvalue weighted by Crippen LogP contribution is -2.13. The number of rotatable bonds is 3. The Kier molecular flexibility index (Phi) is 4.22. The molecule has 0 aliphatic rings. The fourth-order valence-electron chi connectivity index (χ4n) is 2.06. The van der Waals surface area contributed by atoms with Crippen molar-refractivity contribution >= 4 is 11.7 Å². The van der Waals surface area contributed by atoms with E-state index in [-0.39, 0.29) is 17.0 Å². The number of carbonyl (C=O) groups is 1. The zero-order valence-corrected chi connectivity index (χ0v) is 12.8.